The molecule has 0 bridgehead atoms. The third-order valence-corrected chi connectivity index (χ3v) is 4.57. The average Bonchev–Trinajstić information content (AvgIpc) is 3.04. The van der Waals surface area contributed by atoms with Gasteiger partial charge in [-0.05, 0) is 57.0 Å². The lowest BCUT2D eigenvalue weighted by Gasteiger charge is -2.19. The van der Waals surface area contributed by atoms with Gasteiger partial charge in [-0.3, -0.25) is 9.36 Å². The van der Waals surface area contributed by atoms with Crippen LogP contribution in [0, 0.1) is 0 Å². The van der Waals surface area contributed by atoms with Crippen LogP contribution in [0.1, 0.15) is 39.0 Å². The second-order valence-corrected chi connectivity index (χ2v) is 8.53. The van der Waals surface area contributed by atoms with Crippen LogP contribution in [0.4, 0.5) is 29.3 Å². The third kappa shape index (κ3) is 6.24. The van der Waals surface area contributed by atoms with Gasteiger partial charge in [0.2, 0.25) is 5.91 Å². The summed E-state index contributed by atoms with van der Waals surface area (Å²) < 4.78 is 44.7. The number of aromatic nitrogens is 2. The first kappa shape index (κ1) is 24.1. The van der Waals surface area contributed by atoms with E-state index in [0.717, 1.165) is 17.8 Å². The molecule has 1 aromatic carbocycles. The largest absolute Gasteiger partial charge is 0.443 e. The van der Waals surface area contributed by atoms with Crippen LogP contribution in [-0.2, 0) is 22.1 Å². The summed E-state index contributed by atoms with van der Waals surface area (Å²) in [5.41, 5.74) is 0.809. The van der Waals surface area contributed by atoms with Crippen molar-refractivity contribution in [2.75, 3.05) is 17.2 Å². The van der Waals surface area contributed by atoms with Gasteiger partial charge in [0.15, 0.2) is 0 Å². The lowest BCUT2D eigenvalue weighted by molar-refractivity contribution is -0.141. The number of ether oxygens (including phenoxy) is 1. The highest BCUT2D eigenvalue weighted by Crippen LogP contribution is 2.29. The quantitative estimate of drug-likeness (QED) is 0.527. The smallest absolute Gasteiger partial charge is 0.433 e. The van der Waals surface area contributed by atoms with Crippen LogP contribution in [0.3, 0.4) is 0 Å². The highest BCUT2D eigenvalue weighted by molar-refractivity contribution is 6.04. The van der Waals surface area contributed by atoms with Crippen LogP contribution < -0.4 is 10.6 Å². The number of anilines is 2. The lowest BCUT2D eigenvalue weighted by Crippen LogP contribution is -2.26. The highest BCUT2D eigenvalue weighted by Gasteiger charge is 2.32. The molecule has 3 rings (SSSR count). The van der Waals surface area contributed by atoms with Gasteiger partial charge in [0, 0.05) is 25.1 Å². The fraction of sp³-hybridized carbons (Fsp3) is 0.348. The lowest BCUT2D eigenvalue weighted by atomic mass is 10.1. The van der Waals surface area contributed by atoms with E-state index in [0.29, 0.717) is 35.2 Å². The number of nitrogens with zero attached hydrogens (tertiary/aromatic N) is 2. The second kappa shape index (κ2) is 9.13. The van der Waals surface area contributed by atoms with Crippen LogP contribution >= 0.6 is 0 Å². The third-order valence-electron chi connectivity index (χ3n) is 4.57. The molecule has 0 unspecified atom stereocenters. The molecule has 10 heteroatoms. The molecule has 3 aromatic rings. The van der Waals surface area contributed by atoms with Gasteiger partial charge in [-0.15, -0.1) is 0 Å². The first-order valence-corrected chi connectivity index (χ1v) is 10.3. The van der Waals surface area contributed by atoms with Gasteiger partial charge >= 0.3 is 12.3 Å². The molecule has 0 aliphatic carbocycles. The number of rotatable bonds is 5. The van der Waals surface area contributed by atoms with E-state index in [1.165, 1.54) is 23.8 Å². The molecule has 2 N–H and O–H groups in total. The number of carbonyl (C=O) groups is 2. The predicted molar refractivity (Wildman–Crippen MR) is 119 cm³/mol. The Kier molecular flexibility index (Phi) is 6.66. The number of alkyl halides is 3. The molecular formula is C23H25F3N4O3. The summed E-state index contributed by atoms with van der Waals surface area (Å²) in [6, 6.07) is 7.71. The van der Waals surface area contributed by atoms with Crippen molar-refractivity contribution >= 4 is 34.3 Å². The molecule has 2 heterocycles. The SMILES string of the molecule is CC(=O)Nc1cn(C(=O)OC(C)(C)C)c2ccc(CCNc3ccc(C(F)(F)F)nc3)cc12. The maximum atomic E-state index is 12.6. The van der Waals surface area contributed by atoms with Crippen molar-refractivity contribution in [3.8, 4) is 0 Å². The number of nitrogens with one attached hydrogen (secondary N) is 2. The van der Waals surface area contributed by atoms with Crippen LogP contribution in [-0.4, -0.2) is 33.7 Å². The summed E-state index contributed by atoms with van der Waals surface area (Å²) >= 11 is 0. The molecule has 1 amide bonds. The number of hydrogen-bond donors (Lipinski definition) is 2. The maximum absolute atomic E-state index is 12.6. The molecular weight excluding hydrogens is 437 g/mol. The summed E-state index contributed by atoms with van der Waals surface area (Å²) in [7, 11) is 0. The van der Waals surface area contributed by atoms with Crippen LogP contribution in [0.25, 0.3) is 10.9 Å². The van der Waals surface area contributed by atoms with E-state index in [4.69, 9.17) is 4.74 Å². The maximum Gasteiger partial charge on any atom is 0.433 e. The molecule has 0 spiro atoms. The Morgan fingerprint density at radius 3 is 2.42 bits per heavy atom. The summed E-state index contributed by atoms with van der Waals surface area (Å²) in [5, 5.41) is 6.44. The van der Waals surface area contributed by atoms with E-state index >= 15 is 0 Å². The van der Waals surface area contributed by atoms with E-state index in [1.54, 1.807) is 26.8 Å². The summed E-state index contributed by atoms with van der Waals surface area (Å²) in [5.74, 6) is -0.278. The van der Waals surface area contributed by atoms with Crippen LogP contribution in [0.5, 0.6) is 0 Å². The van der Waals surface area contributed by atoms with Gasteiger partial charge in [0.25, 0.3) is 0 Å². The zero-order valence-corrected chi connectivity index (χ0v) is 18.7. The topological polar surface area (TPSA) is 85.2 Å². The van der Waals surface area contributed by atoms with Gasteiger partial charge < -0.3 is 15.4 Å². The zero-order valence-electron chi connectivity index (χ0n) is 18.7. The zero-order chi connectivity index (χ0) is 24.4. The molecule has 0 aliphatic rings. The molecule has 0 saturated carbocycles. The Labute approximate surface area is 188 Å². The molecule has 0 radical (unpaired) electrons. The highest BCUT2D eigenvalue weighted by atomic mass is 19.4. The number of halogens is 3. The molecule has 0 fully saturated rings. The Morgan fingerprint density at radius 2 is 1.85 bits per heavy atom. The number of pyridine rings is 1. The Hall–Kier alpha value is -3.56. The van der Waals surface area contributed by atoms with Gasteiger partial charge in [0.05, 0.1) is 23.1 Å². The molecule has 7 nitrogen and oxygen atoms in total. The van der Waals surface area contributed by atoms with Gasteiger partial charge in [-0.1, -0.05) is 6.07 Å². The number of fused-ring (bicyclic) bond motifs is 1. The van der Waals surface area contributed by atoms with Crippen molar-refractivity contribution in [3.63, 3.8) is 0 Å². The Bertz CT molecular complexity index is 1160. The fourth-order valence-electron chi connectivity index (χ4n) is 3.20. The van der Waals surface area contributed by atoms with Gasteiger partial charge in [-0.25, -0.2) is 9.78 Å². The standard InChI is InChI=1S/C23H25F3N4O3/c1-14(31)29-18-13-30(21(32)33-22(2,3)4)19-7-5-15(11-17(18)19)9-10-27-16-6-8-20(28-12-16)23(24,25)26/h5-8,11-13,27H,9-10H2,1-4H3,(H,29,31). The van der Waals surface area contributed by atoms with E-state index < -0.39 is 23.6 Å². The Morgan fingerprint density at radius 1 is 1.12 bits per heavy atom. The van der Waals surface area contributed by atoms with Crippen molar-refractivity contribution in [3.05, 3.63) is 54.0 Å². The van der Waals surface area contributed by atoms with E-state index in [9.17, 15) is 22.8 Å². The molecule has 176 valence electrons. The second-order valence-electron chi connectivity index (χ2n) is 8.53. The Balaban J connectivity index is 1.77. The van der Waals surface area contributed by atoms with Gasteiger partial charge in [0.1, 0.15) is 11.3 Å². The first-order valence-electron chi connectivity index (χ1n) is 10.3. The fourth-order valence-corrected chi connectivity index (χ4v) is 3.20. The number of hydrogen-bond acceptors (Lipinski definition) is 5. The van der Waals surface area contributed by atoms with Crippen molar-refractivity contribution < 1.29 is 27.5 Å². The summed E-state index contributed by atoms with van der Waals surface area (Å²) in [4.78, 5) is 27.7. The normalized spacial score (nSPS) is 12.0. The first-order chi connectivity index (χ1) is 15.3. The molecule has 0 saturated heterocycles. The summed E-state index contributed by atoms with van der Waals surface area (Å²) in [6.07, 6.45) is -1.82. The number of carbonyl (C=O) groups excluding carboxylic acids is 2. The predicted octanol–water partition coefficient (Wildman–Crippen LogP) is 5.45. The molecule has 2 aromatic heterocycles. The van der Waals surface area contributed by atoms with Crippen molar-refractivity contribution in [1.29, 1.82) is 0 Å². The van der Waals surface area contributed by atoms with Crippen LogP contribution in [0.2, 0.25) is 0 Å². The number of amides is 1. The monoisotopic (exact) mass is 462 g/mol. The van der Waals surface area contributed by atoms with Crippen molar-refractivity contribution in [2.45, 2.75) is 45.9 Å². The van der Waals surface area contributed by atoms with Gasteiger partial charge in [-0.2, -0.15) is 13.2 Å². The minimum atomic E-state index is -4.48. The minimum absolute atomic E-state index is 0.278. The molecule has 0 atom stereocenters. The van der Waals surface area contributed by atoms with Crippen LogP contribution in [0.15, 0.2) is 42.7 Å². The average molecular weight is 462 g/mol. The minimum Gasteiger partial charge on any atom is -0.443 e. The van der Waals surface area contributed by atoms with E-state index in [1.807, 2.05) is 12.1 Å². The summed E-state index contributed by atoms with van der Waals surface area (Å²) in [6.45, 7) is 7.12. The van der Waals surface area contributed by atoms with E-state index in [2.05, 4.69) is 15.6 Å². The number of benzene rings is 1. The molecule has 33 heavy (non-hydrogen) atoms. The van der Waals surface area contributed by atoms with Crippen molar-refractivity contribution in [2.24, 2.45) is 0 Å². The van der Waals surface area contributed by atoms with E-state index in [-0.39, 0.29) is 5.91 Å². The molecule has 0 aliphatic heterocycles. The van der Waals surface area contributed by atoms with Crippen molar-refractivity contribution in [1.82, 2.24) is 9.55 Å².